The monoisotopic (exact) mass is 431 g/mol. The van der Waals surface area contributed by atoms with Crippen LogP contribution >= 0.6 is 0 Å². The first-order valence-electron chi connectivity index (χ1n) is 9.52. The molecule has 160 valence electrons. The molecular weight excluding hydrogens is 414 g/mol. The average Bonchev–Trinajstić information content (AvgIpc) is 3.09. The summed E-state index contributed by atoms with van der Waals surface area (Å²) >= 11 is 0. The molecule has 4 rings (SSSR count). The molecule has 0 aliphatic carbocycles. The van der Waals surface area contributed by atoms with Crippen molar-refractivity contribution in [1.82, 2.24) is 4.98 Å². The number of carbonyl (C=O) groups excluding carboxylic acids is 2. The fourth-order valence-electron chi connectivity index (χ4n) is 3.64. The third-order valence-electron chi connectivity index (χ3n) is 5.13. The predicted molar refractivity (Wildman–Crippen MR) is 115 cm³/mol. The van der Waals surface area contributed by atoms with Gasteiger partial charge in [0.1, 0.15) is 11.5 Å². The zero-order chi connectivity index (χ0) is 22.8. The van der Waals surface area contributed by atoms with Crippen molar-refractivity contribution in [3.8, 4) is 5.75 Å². The number of pyridine rings is 1. The molecule has 1 saturated heterocycles. The molecule has 32 heavy (non-hydrogen) atoms. The molecule has 1 fully saturated rings. The van der Waals surface area contributed by atoms with Gasteiger partial charge in [-0.25, -0.2) is 0 Å². The highest BCUT2D eigenvalue weighted by atomic mass is 16.6. The van der Waals surface area contributed by atoms with Gasteiger partial charge in [-0.05, 0) is 29.8 Å². The molecule has 1 unspecified atom stereocenters. The van der Waals surface area contributed by atoms with Crippen LogP contribution in [0.5, 0.6) is 5.75 Å². The van der Waals surface area contributed by atoms with Crippen molar-refractivity contribution in [1.29, 1.82) is 0 Å². The fraction of sp³-hybridized carbons (Fsp3) is 0.0870. The van der Waals surface area contributed by atoms with Crippen LogP contribution in [0.4, 0.5) is 11.4 Å². The topological polar surface area (TPSA) is 123 Å². The molecule has 1 N–H and O–H groups in total. The Morgan fingerprint density at radius 3 is 2.50 bits per heavy atom. The molecule has 2 heterocycles. The maximum atomic E-state index is 13.1. The molecule has 3 aromatic rings. The van der Waals surface area contributed by atoms with Crippen LogP contribution in [0.15, 0.2) is 78.6 Å². The molecule has 0 spiro atoms. The second kappa shape index (κ2) is 8.31. The lowest BCUT2D eigenvalue weighted by molar-refractivity contribution is -0.384. The number of benzene rings is 2. The van der Waals surface area contributed by atoms with E-state index < -0.39 is 28.4 Å². The Labute approximate surface area is 182 Å². The number of carbonyl (C=O) groups is 2. The van der Waals surface area contributed by atoms with E-state index in [2.05, 4.69) is 4.98 Å². The van der Waals surface area contributed by atoms with E-state index >= 15 is 0 Å². The minimum absolute atomic E-state index is 0.0573. The summed E-state index contributed by atoms with van der Waals surface area (Å²) in [6, 6.07) is 14.2. The van der Waals surface area contributed by atoms with Crippen LogP contribution in [0.2, 0.25) is 0 Å². The smallest absolute Gasteiger partial charge is 0.300 e. The number of Topliss-reactive ketones (excluding diaryl/α,β-unsaturated/α-hetero) is 1. The normalized spacial score (nSPS) is 17.4. The Bertz CT molecular complexity index is 1260. The van der Waals surface area contributed by atoms with Gasteiger partial charge in [0.2, 0.25) is 0 Å². The minimum atomic E-state index is -0.968. The molecule has 0 bridgehead atoms. The first-order valence-corrected chi connectivity index (χ1v) is 9.52. The second-order valence-corrected chi connectivity index (χ2v) is 6.96. The Morgan fingerprint density at radius 2 is 1.81 bits per heavy atom. The number of nitro groups is 1. The van der Waals surface area contributed by atoms with Crippen molar-refractivity contribution in [2.75, 3.05) is 12.0 Å². The van der Waals surface area contributed by atoms with E-state index in [1.807, 2.05) is 0 Å². The summed E-state index contributed by atoms with van der Waals surface area (Å²) in [7, 11) is 1.48. The Balaban J connectivity index is 1.94. The van der Waals surface area contributed by atoms with Gasteiger partial charge in [-0.15, -0.1) is 0 Å². The van der Waals surface area contributed by atoms with E-state index in [-0.39, 0.29) is 16.8 Å². The summed E-state index contributed by atoms with van der Waals surface area (Å²) in [6.07, 6.45) is 3.02. The predicted octanol–water partition coefficient (Wildman–Crippen LogP) is 3.62. The summed E-state index contributed by atoms with van der Waals surface area (Å²) in [6.45, 7) is 0. The fourth-order valence-corrected chi connectivity index (χ4v) is 3.64. The molecule has 1 amide bonds. The lowest BCUT2D eigenvalue weighted by Gasteiger charge is -2.25. The highest BCUT2D eigenvalue weighted by molar-refractivity contribution is 6.51. The van der Waals surface area contributed by atoms with Gasteiger partial charge in [-0.1, -0.05) is 18.2 Å². The highest BCUT2D eigenvalue weighted by Crippen LogP contribution is 2.42. The number of rotatable bonds is 5. The molecule has 0 saturated carbocycles. The van der Waals surface area contributed by atoms with Crippen molar-refractivity contribution >= 4 is 28.8 Å². The minimum Gasteiger partial charge on any atom is -0.507 e. The number of hydrogen-bond acceptors (Lipinski definition) is 7. The number of anilines is 1. The zero-order valence-electron chi connectivity index (χ0n) is 16.8. The maximum Gasteiger partial charge on any atom is 0.300 e. The third-order valence-corrected chi connectivity index (χ3v) is 5.13. The van der Waals surface area contributed by atoms with Crippen molar-refractivity contribution in [2.45, 2.75) is 6.04 Å². The van der Waals surface area contributed by atoms with Gasteiger partial charge in [0, 0.05) is 41.8 Å². The van der Waals surface area contributed by atoms with Gasteiger partial charge in [-0.2, -0.15) is 0 Å². The maximum absolute atomic E-state index is 13.1. The molecule has 1 atom stereocenters. The summed E-state index contributed by atoms with van der Waals surface area (Å²) in [5, 5.41) is 22.2. The SMILES string of the molecule is COc1cccc(N2C(=O)C(=O)/C(=C(\O)c3cccc([N+](=O)[O-])c3)C2c2ccncc2)c1. The molecular formula is C23H17N3O6. The zero-order valence-corrected chi connectivity index (χ0v) is 16.8. The van der Waals surface area contributed by atoms with Crippen LogP contribution in [-0.4, -0.2) is 33.8 Å². The Hall–Kier alpha value is -4.53. The largest absolute Gasteiger partial charge is 0.507 e. The summed E-state index contributed by atoms with van der Waals surface area (Å²) in [5.74, 6) is -1.76. The van der Waals surface area contributed by atoms with E-state index in [0.29, 0.717) is 17.0 Å². The number of aliphatic hydroxyl groups excluding tert-OH is 1. The summed E-state index contributed by atoms with van der Waals surface area (Å²) in [5.41, 5.74) is 0.559. The number of aliphatic hydroxyl groups is 1. The van der Waals surface area contributed by atoms with Crippen molar-refractivity contribution in [2.24, 2.45) is 0 Å². The van der Waals surface area contributed by atoms with Crippen LogP contribution < -0.4 is 9.64 Å². The standard InChI is InChI=1S/C23H17N3O6/c1-32-18-7-3-5-16(13-18)25-20(14-8-10-24-11-9-14)19(22(28)23(25)29)21(27)15-4-2-6-17(12-15)26(30)31/h2-13,20,27H,1H3/b21-19-. The van der Waals surface area contributed by atoms with Crippen LogP contribution in [0, 0.1) is 10.1 Å². The number of ketones is 1. The van der Waals surface area contributed by atoms with Crippen LogP contribution in [-0.2, 0) is 9.59 Å². The number of methoxy groups -OCH3 is 1. The first-order chi connectivity index (χ1) is 15.4. The van der Waals surface area contributed by atoms with Gasteiger partial charge in [0.05, 0.1) is 23.6 Å². The number of nitro benzene ring substituents is 1. The molecule has 1 aliphatic heterocycles. The van der Waals surface area contributed by atoms with Crippen molar-refractivity contribution < 1.29 is 24.4 Å². The van der Waals surface area contributed by atoms with Gasteiger partial charge in [-0.3, -0.25) is 29.6 Å². The van der Waals surface area contributed by atoms with Crippen molar-refractivity contribution in [3.05, 3.63) is 99.9 Å². The van der Waals surface area contributed by atoms with Crippen LogP contribution in [0.3, 0.4) is 0 Å². The molecule has 9 heteroatoms. The highest BCUT2D eigenvalue weighted by Gasteiger charge is 2.47. The lowest BCUT2D eigenvalue weighted by atomic mass is 9.95. The van der Waals surface area contributed by atoms with E-state index in [0.717, 1.165) is 6.07 Å². The number of amides is 1. The van der Waals surface area contributed by atoms with Gasteiger partial charge in [0.25, 0.3) is 17.4 Å². The van der Waals surface area contributed by atoms with Gasteiger partial charge >= 0.3 is 0 Å². The van der Waals surface area contributed by atoms with Crippen molar-refractivity contribution in [3.63, 3.8) is 0 Å². The average molecular weight is 431 g/mol. The van der Waals surface area contributed by atoms with E-state index in [1.165, 1.54) is 42.6 Å². The molecule has 2 aromatic carbocycles. The van der Waals surface area contributed by atoms with E-state index in [1.54, 1.807) is 36.4 Å². The lowest BCUT2D eigenvalue weighted by Crippen LogP contribution is -2.29. The van der Waals surface area contributed by atoms with Gasteiger partial charge in [0.15, 0.2) is 0 Å². The summed E-state index contributed by atoms with van der Waals surface area (Å²) < 4.78 is 5.24. The molecule has 0 radical (unpaired) electrons. The van der Waals surface area contributed by atoms with Crippen LogP contribution in [0.25, 0.3) is 5.76 Å². The third kappa shape index (κ3) is 3.56. The quantitative estimate of drug-likeness (QED) is 0.215. The van der Waals surface area contributed by atoms with E-state index in [4.69, 9.17) is 4.74 Å². The number of hydrogen-bond donors (Lipinski definition) is 1. The number of ether oxygens (including phenoxy) is 1. The number of nitrogens with zero attached hydrogens (tertiary/aromatic N) is 3. The number of aromatic nitrogens is 1. The molecule has 1 aromatic heterocycles. The summed E-state index contributed by atoms with van der Waals surface area (Å²) in [4.78, 5) is 41.9. The Kier molecular flexibility index (Phi) is 5.38. The first kappa shape index (κ1) is 20.7. The van der Waals surface area contributed by atoms with Gasteiger partial charge < -0.3 is 9.84 Å². The van der Waals surface area contributed by atoms with E-state index in [9.17, 15) is 24.8 Å². The van der Waals surface area contributed by atoms with Crippen LogP contribution in [0.1, 0.15) is 17.2 Å². The molecule has 9 nitrogen and oxygen atoms in total. The number of non-ortho nitro benzene ring substituents is 1. The molecule has 1 aliphatic rings. The Morgan fingerprint density at radius 1 is 1.09 bits per heavy atom. The second-order valence-electron chi connectivity index (χ2n) is 6.96.